The topological polar surface area (TPSA) is 32.8 Å². The Bertz CT molecular complexity index is 728. The molecule has 1 saturated heterocycles. The molecule has 5 heteroatoms. The Hall–Kier alpha value is -2.08. The molecule has 0 aliphatic carbocycles. The van der Waals surface area contributed by atoms with Gasteiger partial charge >= 0.3 is 0 Å². The van der Waals surface area contributed by atoms with Crippen LogP contribution in [0.2, 0.25) is 0 Å². The van der Waals surface area contributed by atoms with Gasteiger partial charge in [-0.15, -0.1) is 0 Å². The smallest absolute Gasteiger partial charge is 0.162 e. The van der Waals surface area contributed by atoms with Crippen LogP contribution < -0.4 is 0 Å². The lowest BCUT2D eigenvalue weighted by atomic mass is 10.1. The number of ketones is 1. The normalized spacial score (nSPS) is 16.8. The van der Waals surface area contributed by atoms with Crippen molar-refractivity contribution >= 4 is 5.78 Å². The Labute approximate surface area is 166 Å². The molecule has 1 aliphatic heterocycles. The number of rotatable bonds is 9. The summed E-state index contributed by atoms with van der Waals surface area (Å²) in [5.41, 5.74) is 1.81. The molecule has 2 aromatic carbocycles. The van der Waals surface area contributed by atoms with Gasteiger partial charge in [-0.2, -0.15) is 0 Å². The van der Waals surface area contributed by atoms with E-state index >= 15 is 0 Å². The molecule has 0 amide bonds. The number of ether oxygens (including phenoxy) is 1. The first-order valence-electron chi connectivity index (χ1n) is 9.97. The molecule has 1 aliphatic rings. The molecule has 0 saturated carbocycles. The van der Waals surface area contributed by atoms with E-state index in [9.17, 15) is 9.18 Å². The number of halogens is 1. The quantitative estimate of drug-likeness (QED) is 0.616. The molecule has 3 rings (SSSR count). The minimum Gasteiger partial charge on any atom is -0.375 e. The average molecular weight is 384 g/mol. The fraction of sp³-hybridized carbons (Fsp3) is 0.435. The van der Waals surface area contributed by atoms with Crippen molar-refractivity contribution in [2.24, 2.45) is 0 Å². The Morgan fingerprint density at radius 3 is 2.29 bits per heavy atom. The molecule has 0 aromatic heterocycles. The highest BCUT2D eigenvalue weighted by Gasteiger charge is 2.21. The third-order valence-corrected chi connectivity index (χ3v) is 5.39. The van der Waals surface area contributed by atoms with Gasteiger partial charge < -0.3 is 9.64 Å². The summed E-state index contributed by atoms with van der Waals surface area (Å²) in [7, 11) is 1.77. The number of benzene rings is 2. The van der Waals surface area contributed by atoms with E-state index in [-0.39, 0.29) is 17.7 Å². The van der Waals surface area contributed by atoms with Crippen LogP contribution in [0.15, 0.2) is 54.6 Å². The molecule has 0 bridgehead atoms. The first kappa shape index (κ1) is 20.6. The maximum atomic E-state index is 12.9. The summed E-state index contributed by atoms with van der Waals surface area (Å²) >= 11 is 0. The van der Waals surface area contributed by atoms with Gasteiger partial charge in [-0.05, 0) is 42.8 Å². The first-order chi connectivity index (χ1) is 13.7. The predicted molar refractivity (Wildman–Crippen MR) is 109 cm³/mol. The largest absolute Gasteiger partial charge is 0.375 e. The van der Waals surface area contributed by atoms with Gasteiger partial charge in [0, 0.05) is 51.8 Å². The number of carbonyl (C=O) groups excluding carboxylic acids is 1. The monoisotopic (exact) mass is 384 g/mol. The number of hydrogen-bond donors (Lipinski definition) is 0. The summed E-state index contributed by atoms with van der Waals surface area (Å²) < 4.78 is 18.6. The third kappa shape index (κ3) is 5.96. The summed E-state index contributed by atoms with van der Waals surface area (Å²) in [4.78, 5) is 17.0. The highest BCUT2D eigenvalue weighted by Crippen LogP contribution is 2.18. The van der Waals surface area contributed by atoms with Gasteiger partial charge in [-0.25, -0.2) is 4.39 Å². The molecule has 0 radical (unpaired) electrons. The minimum atomic E-state index is -0.308. The van der Waals surface area contributed by atoms with E-state index in [0.717, 1.165) is 45.7 Å². The van der Waals surface area contributed by atoms with Gasteiger partial charge in [0.1, 0.15) is 5.82 Å². The van der Waals surface area contributed by atoms with E-state index in [1.54, 1.807) is 19.2 Å². The second-order valence-corrected chi connectivity index (χ2v) is 7.31. The second-order valence-electron chi connectivity index (χ2n) is 7.31. The molecule has 150 valence electrons. The summed E-state index contributed by atoms with van der Waals surface area (Å²) in [6.45, 7) is 5.87. The first-order valence-corrected chi connectivity index (χ1v) is 9.97. The minimum absolute atomic E-state index is 0.0874. The van der Waals surface area contributed by atoms with Gasteiger partial charge in [-0.1, -0.05) is 30.3 Å². The van der Waals surface area contributed by atoms with Crippen molar-refractivity contribution in [2.75, 3.05) is 46.4 Å². The van der Waals surface area contributed by atoms with Crippen LogP contribution in [-0.4, -0.2) is 62.0 Å². The zero-order valence-electron chi connectivity index (χ0n) is 16.5. The molecule has 1 unspecified atom stereocenters. The Kier molecular flexibility index (Phi) is 7.71. The van der Waals surface area contributed by atoms with E-state index in [2.05, 4.69) is 21.9 Å². The van der Waals surface area contributed by atoms with Crippen LogP contribution in [0.3, 0.4) is 0 Å². The van der Waals surface area contributed by atoms with Crippen molar-refractivity contribution in [1.82, 2.24) is 9.80 Å². The van der Waals surface area contributed by atoms with Gasteiger partial charge in [0.15, 0.2) is 5.78 Å². The molecule has 4 nitrogen and oxygen atoms in total. The van der Waals surface area contributed by atoms with Gasteiger partial charge in [-0.3, -0.25) is 9.69 Å². The maximum Gasteiger partial charge on any atom is 0.162 e. The van der Waals surface area contributed by atoms with Crippen LogP contribution in [0.5, 0.6) is 0 Å². The zero-order chi connectivity index (χ0) is 19.8. The van der Waals surface area contributed by atoms with Crippen molar-refractivity contribution in [3.8, 4) is 0 Å². The van der Waals surface area contributed by atoms with Crippen LogP contribution in [0.1, 0.15) is 34.9 Å². The van der Waals surface area contributed by atoms with Crippen molar-refractivity contribution in [1.29, 1.82) is 0 Å². The Balaban J connectivity index is 1.37. The molecule has 28 heavy (non-hydrogen) atoms. The number of nitrogens with zero attached hydrogens (tertiary/aromatic N) is 2. The SMILES string of the molecule is COC(CN1CCN(CCCC(=O)c2ccc(F)cc2)CC1)c1ccccc1. The number of piperazine rings is 1. The van der Waals surface area contributed by atoms with E-state index in [1.807, 2.05) is 18.2 Å². The van der Waals surface area contributed by atoms with Crippen molar-refractivity contribution in [3.05, 3.63) is 71.5 Å². The van der Waals surface area contributed by atoms with Gasteiger partial charge in [0.2, 0.25) is 0 Å². The summed E-state index contributed by atoms with van der Waals surface area (Å²) in [6.07, 6.45) is 1.44. The predicted octanol–water partition coefficient (Wildman–Crippen LogP) is 3.79. The molecule has 1 atom stereocenters. The standard InChI is InChI=1S/C23H29FN2O2/c1-28-23(20-6-3-2-4-7-20)18-26-16-14-25(15-17-26)13-5-8-22(27)19-9-11-21(24)12-10-19/h2-4,6-7,9-12,23H,5,8,13-18H2,1H3. The highest BCUT2D eigenvalue weighted by molar-refractivity contribution is 5.95. The van der Waals surface area contributed by atoms with Crippen LogP contribution >= 0.6 is 0 Å². The highest BCUT2D eigenvalue weighted by atomic mass is 19.1. The lowest BCUT2D eigenvalue weighted by Crippen LogP contribution is -2.47. The second kappa shape index (κ2) is 10.5. The summed E-state index contributed by atoms with van der Waals surface area (Å²) in [5, 5.41) is 0. The number of Topliss-reactive ketones (excluding diaryl/α,β-unsaturated/α-hetero) is 1. The molecule has 1 heterocycles. The van der Waals surface area contributed by atoms with E-state index < -0.39 is 0 Å². The number of hydrogen-bond acceptors (Lipinski definition) is 4. The number of methoxy groups -OCH3 is 1. The fourth-order valence-electron chi connectivity index (χ4n) is 3.66. The zero-order valence-corrected chi connectivity index (χ0v) is 16.5. The molecule has 2 aromatic rings. The third-order valence-electron chi connectivity index (χ3n) is 5.39. The van der Waals surface area contributed by atoms with Crippen LogP contribution in [0, 0.1) is 5.82 Å². The van der Waals surface area contributed by atoms with E-state index in [0.29, 0.717) is 12.0 Å². The average Bonchev–Trinajstić information content (AvgIpc) is 2.74. The summed E-state index contributed by atoms with van der Waals surface area (Å²) in [6, 6.07) is 16.2. The van der Waals surface area contributed by atoms with Crippen LogP contribution in [0.4, 0.5) is 4.39 Å². The Morgan fingerprint density at radius 1 is 1.00 bits per heavy atom. The van der Waals surface area contributed by atoms with Crippen LogP contribution in [0.25, 0.3) is 0 Å². The Morgan fingerprint density at radius 2 is 1.64 bits per heavy atom. The van der Waals surface area contributed by atoms with Crippen molar-refractivity contribution in [2.45, 2.75) is 18.9 Å². The van der Waals surface area contributed by atoms with Crippen molar-refractivity contribution < 1.29 is 13.9 Å². The molecule has 1 fully saturated rings. The summed E-state index contributed by atoms with van der Waals surface area (Å²) in [5.74, 6) is -0.221. The van der Waals surface area contributed by atoms with Crippen LogP contribution in [-0.2, 0) is 4.74 Å². The fourth-order valence-corrected chi connectivity index (χ4v) is 3.66. The van der Waals surface area contributed by atoms with E-state index in [1.165, 1.54) is 17.7 Å². The number of carbonyl (C=O) groups is 1. The molecular formula is C23H29FN2O2. The molecule has 0 spiro atoms. The van der Waals surface area contributed by atoms with Gasteiger partial charge in [0.05, 0.1) is 6.10 Å². The van der Waals surface area contributed by atoms with Gasteiger partial charge in [0.25, 0.3) is 0 Å². The lowest BCUT2D eigenvalue weighted by molar-refractivity contribution is 0.0416. The van der Waals surface area contributed by atoms with Crippen molar-refractivity contribution in [3.63, 3.8) is 0 Å². The van der Waals surface area contributed by atoms with E-state index in [4.69, 9.17) is 4.74 Å². The lowest BCUT2D eigenvalue weighted by Gasteiger charge is -2.36. The maximum absolute atomic E-state index is 12.9. The molecule has 0 N–H and O–H groups in total. The molecular weight excluding hydrogens is 355 g/mol.